The first-order valence-electron chi connectivity index (χ1n) is 13.1. The second-order valence-corrected chi connectivity index (χ2v) is 11.4. The van der Waals surface area contributed by atoms with Crippen LogP contribution in [0.1, 0.15) is 77.6 Å². The van der Waals surface area contributed by atoms with Gasteiger partial charge in [-0.1, -0.05) is 53.7 Å². The number of phenols is 2. The van der Waals surface area contributed by atoms with Crippen LogP contribution in [0.3, 0.4) is 0 Å². The molecule has 2 N–H and O–H groups in total. The molecule has 0 aliphatic rings. The van der Waals surface area contributed by atoms with Gasteiger partial charge in [0.25, 0.3) is 0 Å². The molecule has 0 aromatic heterocycles. The predicted molar refractivity (Wildman–Crippen MR) is 162 cm³/mol. The van der Waals surface area contributed by atoms with Crippen LogP contribution in [0.25, 0.3) is 0 Å². The summed E-state index contributed by atoms with van der Waals surface area (Å²) in [4.78, 5) is 27.0. The number of carbonyl (C=O) groups is 2. The Morgan fingerprint density at radius 1 is 0.698 bits per heavy atom. The van der Waals surface area contributed by atoms with E-state index in [0.29, 0.717) is 28.3 Å². The number of benzene rings is 3. The zero-order valence-electron chi connectivity index (χ0n) is 26.0. The van der Waals surface area contributed by atoms with Crippen LogP contribution in [-0.2, 0) is 37.2 Å². The second kappa shape index (κ2) is 17.1. The minimum atomic E-state index is -1.08. The van der Waals surface area contributed by atoms with Gasteiger partial charge in [-0.15, -0.1) is 0 Å². The summed E-state index contributed by atoms with van der Waals surface area (Å²) in [5.74, 6) is -1.19. The van der Waals surface area contributed by atoms with Crippen LogP contribution in [0.4, 0.5) is 11.4 Å². The van der Waals surface area contributed by atoms with E-state index in [1.807, 2.05) is 36.4 Å². The van der Waals surface area contributed by atoms with Gasteiger partial charge in [0.1, 0.15) is 17.2 Å². The molecule has 0 atom stereocenters. The van der Waals surface area contributed by atoms with Crippen molar-refractivity contribution in [2.45, 2.75) is 66.2 Å². The number of aliphatic carboxylic acids is 2. The zero-order chi connectivity index (χ0) is 32.3. The molecule has 3 aromatic carbocycles. The van der Waals surface area contributed by atoms with Gasteiger partial charge in [-0.25, -0.2) is 0 Å². The molecule has 0 saturated heterocycles. The Kier molecular flexibility index (Phi) is 15.4. The van der Waals surface area contributed by atoms with Crippen molar-refractivity contribution in [2.24, 2.45) is 9.98 Å². The zero-order valence-corrected chi connectivity index (χ0v) is 27.1. The smallest absolute Gasteiger partial charge is 0.550 e. The third-order valence-electron chi connectivity index (χ3n) is 5.66. The fourth-order valence-electron chi connectivity index (χ4n) is 3.37. The fourth-order valence-corrected chi connectivity index (χ4v) is 3.37. The topological polar surface area (TPSA) is 155 Å². The SMILES string of the molecule is CC(=O)[O-].CC(=O)[O-].COc1ccc(N=Cc2cc(C(C)(C)C)ccc2O)c(N=Cc2cc(C(C)(C)C)ccc2O)c1.[Co+2]. The number of carboxylic acid groups (broad SMARTS) is 2. The van der Waals surface area contributed by atoms with Crippen LogP contribution in [0.2, 0.25) is 0 Å². The summed E-state index contributed by atoms with van der Waals surface area (Å²) >= 11 is 0. The van der Waals surface area contributed by atoms with E-state index in [0.717, 1.165) is 25.0 Å². The van der Waals surface area contributed by atoms with Gasteiger partial charge in [-0.3, -0.25) is 9.98 Å². The Morgan fingerprint density at radius 3 is 1.42 bits per heavy atom. The number of ether oxygens (including phenoxy) is 1. The summed E-state index contributed by atoms with van der Waals surface area (Å²) in [7, 11) is 1.60. The summed E-state index contributed by atoms with van der Waals surface area (Å²) in [6.07, 6.45) is 3.28. The van der Waals surface area contributed by atoms with Gasteiger partial charge in [0.05, 0.1) is 18.5 Å². The number of aromatic hydroxyl groups is 2. The van der Waals surface area contributed by atoms with Gasteiger partial charge in [0, 0.05) is 41.6 Å². The molecule has 1 radical (unpaired) electrons. The Balaban J connectivity index is 0.00000174. The Morgan fingerprint density at radius 2 is 1.07 bits per heavy atom. The Bertz CT molecular complexity index is 1420. The van der Waals surface area contributed by atoms with E-state index >= 15 is 0 Å². The summed E-state index contributed by atoms with van der Waals surface area (Å²) in [5.41, 5.74) is 4.57. The molecular weight excluding hydrogens is 595 g/mol. The minimum absolute atomic E-state index is 0. The fraction of sp³-hybridized carbons (Fsp3) is 0.333. The number of rotatable bonds is 5. The van der Waals surface area contributed by atoms with Gasteiger partial charge < -0.3 is 34.8 Å². The van der Waals surface area contributed by atoms with Gasteiger partial charge in [-0.2, -0.15) is 0 Å². The van der Waals surface area contributed by atoms with E-state index in [4.69, 9.17) is 24.5 Å². The Labute approximate surface area is 264 Å². The standard InChI is InChI=1S/C29H34N2O3.2C2H4O2.Co/c1-28(2,3)21-8-12-26(32)19(14-21)17-30-24-11-10-23(34-7)16-25(24)31-18-20-15-22(29(4,5)6)9-13-27(20)33;2*1-2(3)4;/h8-18,32-33H,1-7H3;2*1H3,(H,3,4);/q;;;+2/p-2. The Hall–Kier alpha value is -4.15. The molecule has 233 valence electrons. The van der Waals surface area contributed by atoms with E-state index in [9.17, 15) is 10.2 Å². The molecule has 0 amide bonds. The molecule has 10 heteroatoms. The molecule has 3 aromatic rings. The van der Waals surface area contributed by atoms with Crippen molar-refractivity contribution in [1.82, 2.24) is 0 Å². The maximum Gasteiger partial charge on any atom is 2.00 e. The number of phenolic OH excluding ortho intramolecular Hbond substituents is 2. The van der Waals surface area contributed by atoms with Crippen LogP contribution in [0.5, 0.6) is 17.2 Å². The maximum atomic E-state index is 10.3. The molecule has 0 saturated carbocycles. The van der Waals surface area contributed by atoms with Crippen molar-refractivity contribution in [3.63, 3.8) is 0 Å². The van der Waals surface area contributed by atoms with E-state index in [1.165, 1.54) is 0 Å². The maximum absolute atomic E-state index is 10.3. The number of aliphatic imine (C=N–C) groups is 2. The van der Waals surface area contributed by atoms with Crippen molar-refractivity contribution in [3.8, 4) is 17.2 Å². The van der Waals surface area contributed by atoms with Crippen LogP contribution in [-0.4, -0.2) is 41.7 Å². The van der Waals surface area contributed by atoms with Gasteiger partial charge in [0.2, 0.25) is 0 Å². The number of nitrogens with zero attached hydrogens (tertiary/aromatic N) is 2. The first-order chi connectivity index (χ1) is 19.3. The molecule has 0 unspecified atom stereocenters. The number of hydrogen-bond donors (Lipinski definition) is 2. The van der Waals surface area contributed by atoms with Crippen molar-refractivity contribution in [1.29, 1.82) is 0 Å². The number of carbonyl (C=O) groups excluding carboxylic acids is 2. The normalized spacial score (nSPS) is 11.1. The minimum Gasteiger partial charge on any atom is -0.550 e. The van der Waals surface area contributed by atoms with Crippen molar-refractivity contribution in [3.05, 3.63) is 76.9 Å². The molecule has 0 aliphatic carbocycles. The number of methoxy groups -OCH3 is 1. The van der Waals surface area contributed by atoms with Crippen LogP contribution < -0.4 is 14.9 Å². The van der Waals surface area contributed by atoms with Gasteiger partial charge in [-0.05, 0) is 72.2 Å². The molecule has 0 aliphatic heterocycles. The molecule has 0 bridgehead atoms. The first kappa shape index (κ1) is 38.8. The summed E-state index contributed by atoms with van der Waals surface area (Å²) in [5, 5.41) is 38.5. The predicted octanol–water partition coefficient (Wildman–Crippen LogP) is 4.71. The number of hydrogen-bond acceptors (Lipinski definition) is 9. The van der Waals surface area contributed by atoms with Crippen LogP contribution in [0.15, 0.2) is 64.6 Å². The van der Waals surface area contributed by atoms with E-state index in [2.05, 4.69) is 51.5 Å². The van der Waals surface area contributed by atoms with Crippen LogP contribution in [0, 0.1) is 0 Å². The average molecular weight is 636 g/mol. The largest absolute Gasteiger partial charge is 2.00 e. The third-order valence-corrected chi connectivity index (χ3v) is 5.66. The van der Waals surface area contributed by atoms with Gasteiger partial charge in [0.15, 0.2) is 0 Å². The molecular formula is C33H40CoN2O7. The van der Waals surface area contributed by atoms with Crippen LogP contribution >= 0.6 is 0 Å². The van der Waals surface area contributed by atoms with E-state index in [1.54, 1.807) is 37.7 Å². The molecule has 43 heavy (non-hydrogen) atoms. The van der Waals surface area contributed by atoms with Gasteiger partial charge >= 0.3 is 16.8 Å². The van der Waals surface area contributed by atoms with Crippen molar-refractivity contribution < 1.29 is 51.5 Å². The quantitative estimate of drug-likeness (QED) is 0.385. The average Bonchev–Trinajstić information content (AvgIpc) is 2.86. The summed E-state index contributed by atoms with van der Waals surface area (Å²) in [6.45, 7) is 14.7. The van der Waals surface area contributed by atoms with E-state index < -0.39 is 11.9 Å². The van der Waals surface area contributed by atoms with Crippen molar-refractivity contribution in [2.75, 3.05) is 7.11 Å². The molecule has 0 fully saturated rings. The molecule has 0 spiro atoms. The summed E-state index contributed by atoms with van der Waals surface area (Å²) in [6, 6.07) is 16.5. The number of carboxylic acids is 2. The molecule has 3 rings (SSSR count). The van der Waals surface area contributed by atoms with Crippen molar-refractivity contribution >= 4 is 35.7 Å². The first-order valence-corrected chi connectivity index (χ1v) is 13.1. The molecule has 0 heterocycles. The summed E-state index contributed by atoms with van der Waals surface area (Å²) < 4.78 is 5.37. The third kappa shape index (κ3) is 14.0. The molecule has 9 nitrogen and oxygen atoms in total. The monoisotopic (exact) mass is 635 g/mol. The second-order valence-electron chi connectivity index (χ2n) is 11.4. The van der Waals surface area contributed by atoms with E-state index in [-0.39, 0.29) is 39.1 Å².